The van der Waals surface area contributed by atoms with E-state index in [1.165, 1.54) is 11.1 Å². The normalized spacial score (nSPS) is 12.4. The Balaban J connectivity index is 2.09. The quantitative estimate of drug-likeness (QED) is 0.742. The summed E-state index contributed by atoms with van der Waals surface area (Å²) in [6, 6.07) is 10.8. The molecule has 0 aliphatic heterocycles. The number of methoxy groups -OCH3 is 1. The Bertz CT molecular complexity index is 602. The summed E-state index contributed by atoms with van der Waals surface area (Å²) >= 11 is 0. The van der Waals surface area contributed by atoms with Crippen molar-refractivity contribution in [1.82, 2.24) is 9.88 Å². The lowest BCUT2D eigenvalue weighted by molar-refractivity contribution is 0.132. The van der Waals surface area contributed by atoms with Gasteiger partial charge in [0.1, 0.15) is 5.75 Å². The Hall–Kier alpha value is -1.91. The Kier molecular flexibility index (Phi) is 6.56. The molecule has 0 spiro atoms. The van der Waals surface area contributed by atoms with Gasteiger partial charge in [0.15, 0.2) is 0 Å². The molecule has 0 saturated carbocycles. The van der Waals surface area contributed by atoms with E-state index in [1.807, 2.05) is 25.4 Å². The second kappa shape index (κ2) is 8.65. The molecule has 2 rings (SSSR count). The van der Waals surface area contributed by atoms with Crippen LogP contribution in [0.25, 0.3) is 0 Å². The van der Waals surface area contributed by atoms with Crippen molar-refractivity contribution in [2.24, 2.45) is 0 Å². The molecule has 0 aliphatic rings. The van der Waals surface area contributed by atoms with E-state index in [1.54, 1.807) is 7.11 Å². The molecule has 0 saturated heterocycles. The molecule has 0 fully saturated rings. The molecule has 1 atom stereocenters. The predicted molar refractivity (Wildman–Crippen MR) is 92.4 cm³/mol. The summed E-state index contributed by atoms with van der Waals surface area (Å²) in [6.07, 6.45) is 3.68. The topological polar surface area (TPSA) is 34.6 Å². The lowest BCUT2D eigenvalue weighted by atomic mass is 10.1. The van der Waals surface area contributed by atoms with Crippen molar-refractivity contribution < 1.29 is 9.47 Å². The number of hydrogen-bond donors (Lipinski definition) is 0. The van der Waals surface area contributed by atoms with Gasteiger partial charge in [-0.15, -0.1) is 0 Å². The second-order valence-electron chi connectivity index (χ2n) is 5.65. The van der Waals surface area contributed by atoms with Gasteiger partial charge in [0.2, 0.25) is 0 Å². The number of rotatable bonds is 8. The molecular weight excluding hydrogens is 288 g/mol. The Morgan fingerprint density at radius 3 is 2.57 bits per heavy atom. The second-order valence-corrected chi connectivity index (χ2v) is 5.65. The van der Waals surface area contributed by atoms with Crippen LogP contribution in [-0.2, 0) is 17.9 Å². The lowest BCUT2D eigenvalue weighted by Gasteiger charge is -2.25. The number of aromatic nitrogens is 1. The van der Waals surface area contributed by atoms with Gasteiger partial charge in [0.05, 0.1) is 13.7 Å². The van der Waals surface area contributed by atoms with Gasteiger partial charge in [-0.05, 0) is 56.3 Å². The number of nitrogens with zero attached hydrogens (tertiary/aromatic N) is 2. The molecule has 124 valence electrons. The fraction of sp³-hybridized carbons (Fsp3) is 0.421. The van der Waals surface area contributed by atoms with Gasteiger partial charge < -0.3 is 9.47 Å². The summed E-state index contributed by atoms with van der Waals surface area (Å²) in [5.74, 6) is 0.882. The van der Waals surface area contributed by atoms with E-state index in [0.717, 1.165) is 17.9 Å². The van der Waals surface area contributed by atoms with Crippen LogP contribution < -0.4 is 4.74 Å². The number of ether oxygens (including phenoxy) is 2. The van der Waals surface area contributed by atoms with Crippen LogP contribution in [-0.4, -0.2) is 30.6 Å². The molecule has 2 aromatic rings. The molecular formula is C19H26N2O2. The van der Waals surface area contributed by atoms with Gasteiger partial charge in [-0.3, -0.25) is 9.88 Å². The van der Waals surface area contributed by atoms with Crippen LogP contribution in [0.1, 0.15) is 36.6 Å². The van der Waals surface area contributed by atoms with Crippen LogP contribution in [0.15, 0.2) is 42.7 Å². The average Bonchev–Trinajstić information content (AvgIpc) is 2.60. The van der Waals surface area contributed by atoms with E-state index in [0.29, 0.717) is 19.3 Å². The molecule has 0 bridgehead atoms. The molecule has 0 unspecified atom stereocenters. The van der Waals surface area contributed by atoms with Gasteiger partial charge in [-0.2, -0.15) is 0 Å². The highest BCUT2D eigenvalue weighted by Crippen LogP contribution is 2.24. The summed E-state index contributed by atoms with van der Waals surface area (Å²) in [7, 11) is 3.83. The number of hydrogen-bond acceptors (Lipinski definition) is 4. The van der Waals surface area contributed by atoms with Gasteiger partial charge in [0.25, 0.3) is 0 Å². The fourth-order valence-corrected chi connectivity index (χ4v) is 2.58. The molecule has 0 amide bonds. The zero-order valence-corrected chi connectivity index (χ0v) is 14.5. The Morgan fingerprint density at radius 1 is 1.17 bits per heavy atom. The van der Waals surface area contributed by atoms with E-state index in [2.05, 4.69) is 48.1 Å². The third-order valence-electron chi connectivity index (χ3n) is 4.09. The van der Waals surface area contributed by atoms with E-state index in [9.17, 15) is 0 Å². The summed E-state index contributed by atoms with van der Waals surface area (Å²) in [6.45, 7) is 6.36. The molecule has 23 heavy (non-hydrogen) atoms. The third kappa shape index (κ3) is 4.78. The van der Waals surface area contributed by atoms with Crippen LogP contribution in [0.3, 0.4) is 0 Å². The highest BCUT2D eigenvalue weighted by Gasteiger charge is 2.13. The molecule has 4 heteroatoms. The van der Waals surface area contributed by atoms with Crippen LogP contribution >= 0.6 is 0 Å². The average molecular weight is 314 g/mol. The molecule has 1 heterocycles. The van der Waals surface area contributed by atoms with E-state index >= 15 is 0 Å². The standard InChI is InChI=1S/C19H26N2O2/c1-5-23-14-18-12-16(6-7-19(18)22-4)13-21(3)15(2)17-8-10-20-11-9-17/h6-12,15H,5,13-14H2,1-4H3/t15-/m0/s1. The van der Waals surface area contributed by atoms with Crippen molar-refractivity contribution in [3.05, 3.63) is 59.4 Å². The van der Waals surface area contributed by atoms with Crippen LogP contribution in [0, 0.1) is 0 Å². The van der Waals surface area contributed by atoms with Gasteiger partial charge in [-0.1, -0.05) is 6.07 Å². The van der Waals surface area contributed by atoms with Crippen LogP contribution in [0.4, 0.5) is 0 Å². The summed E-state index contributed by atoms with van der Waals surface area (Å²) in [5, 5.41) is 0. The predicted octanol–water partition coefficient (Wildman–Crippen LogP) is 3.82. The summed E-state index contributed by atoms with van der Waals surface area (Å²) in [5.41, 5.74) is 3.62. The molecule has 4 nitrogen and oxygen atoms in total. The van der Waals surface area contributed by atoms with Crippen LogP contribution in [0.2, 0.25) is 0 Å². The molecule has 0 aliphatic carbocycles. The third-order valence-corrected chi connectivity index (χ3v) is 4.09. The maximum absolute atomic E-state index is 5.54. The largest absolute Gasteiger partial charge is 0.496 e. The maximum atomic E-state index is 5.54. The first-order valence-electron chi connectivity index (χ1n) is 7.99. The van der Waals surface area contributed by atoms with Crippen molar-refractivity contribution >= 4 is 0 Å². The van der Waals surface area contributed by atoms with Crippen LogP contribution in [0.5, 0.6) is 5.75 Å². The molecule has 1 aromatic heterocycles. The van der Waals surface area contributed by atoms with Gasteiger partial charge in [0, 0.05) is 37.2 Å². The first kappa shape index (κ1) is 17.4. The first-order valence-corrected chi connectivity index (χ1v) is 7.99. The summed E-state index contributed by atoms with van der Waals surface area (Å²) < 4.78 is 11.0. The minimum absolute atomic E-state index is 0.329. The van der Waals surface area contributed by atoms with Crippen molar-refractivity contribution in [1.29, 1.82) is 0 Å². The minimum atomic E-state index is 0.329. The number of pyridine rings is 1. The highest BCUT2D eigenvalue weighted by molar-refractivity contribution is 5.37. The molecule has 0 N–H and O–H groups in total. The number of benzene rings is 1. The highest BCUT2D eigenvalue weighted by atomic mass is 16.5. The maximum Gasteiger partial charge on any atom is 0.124 e. The van der Waals surface area contributed by atoms with E-state index in [4.69, 9.17) is 9.47 Å². The van der Waals surface area contributed by atoms with Gasteiger partial charge in [-0.25, -0.2) is 0 Å². The monoisotopic (exact) mass is 314 g/mol. The van der Waals surface area contributed by atoms with E-state index in [-0.39, 0.29) is 0 Å². The Labute approximate surface area is 139 Å². The zero-order chi connectivity index (χ0) is 16.7. The van der Waals surface area contributed by atoms with Gasteiger partial charge >= 0.3 is 0 Å². The van der Waals surface area contributed by atoms with Crippen molar-refractivity contribution in [3.63, 3.8) is 0 Å². The minimum Gasteiger partial charge on any atom is -0.496 e. The first-order chi connectivity index (χ1) is 11.2. The Morgan fingerprint density at radius 2 is 1.91 bits per heavy atom. The van der Waals surface area contributed by atoms with E-state index < -0.39 is 0 Å². The lowest BCUT2D eigenvalue weighted by Crippen LogP contribution is -2.22. The van der Waals surface area contributed by atoms with Crippen molar-refractivity contribution in [3.8, 4) is 5.75 Å². The molecule has 0 radical (unpaired) electrons. The molecule has 1 aromatic carbocycles. The SMILES string of the molecule is CCOCc1cc(CN(C)[C@@H](C)c2ccncc2)ccc1OC. The van der Waals surface area contributed by atoms with Crippen molar-refractivity contribution in [2.45, 2.75) is 33.0 Å². The zero-order valence-electron chi connectivity index (χ0n) is 14.5. The van der Waals surface area contributed by atoms with Crippen molar-refractivity contribution in [2.75, 3.05) is 20.8 Å². The smallest absolute Gasteiger partial charge is 0.124 e. The summed E-state index contributed by atoms with van der Waals surface area (Å²) in [4.78, 5) is 6.41. The fourth-order valence-electron chi connectivity index (χ4n) is 2.58.